The summed E-state index contributed by atoms with van der Waals surface area (Å²) in [6.07, 6.45) is 5.85. The van der Waals surface area contributed by atoms with E-state index in [9.17, 15) is 9.90 Å². The number of carbonyl (C=O) groups is 1. The number of ether oxygens (including phenoxy) is 1. The third-order valence-electron chi connectivity index (χ3n) is 6.52. The van der Waals surface area contributed by atoms with Crippen molar-refractivity contribution >= 4 is 5.97 Å². The number of carbonyl (C=O) groups excluding carboxylic acids is 1. The lowest BCUT2D eigenvalue weighted by Crippen LogP contribution is -2.62. The molecule has 0 aromatic heterocycles. The fourth-order valence-corrected chi connectivity index (χ4v) is 6.37. The molecule has 22 heavy (non-hydrogen) atoms. The van der Waals surface area contributed by atoms with Crippen LogP contribution in [0.15, 0.2) is 30.3 Å². The predicted octanol–water partition coefficient (Wildman–Crippen LogP) is 3.06. The number of aliphatic hydroxyl groups is 1. The van der Waals surface area contributed by atoms with Gasteiger partial charge in [-0.05, 0) is 60.8 Å². The van der Waals surface area contributed by atoms with Crippen LogP contribution in [0.3, 0.4) is 0 Å². The average molecular weight is 300 g/mol. The number of rotatable bonds is 3. The van der Waals surface area contributed by atoms with E-state index in [4.69, 9.17) is 4.74 Å². The normalized spacial score (nSPS) is 42.4. The summed E-state index contributed by atoms with van der Waals surface area (Å²) in [5.41, 5.74) is 0.901. The molecule has 3 nitrogen and oxygen atoms in total. The first kappa shape index (κ1) is 14.3. The van der Waals surface area contributed by atoms with Crippen LogP contribution in [0, 0.1) is 16.7 Å². The highest BCUT2D eigenvalue weighted by molar-refractivity contribution is 5.78. The summed E-state index contributed by atoms with van der Waals surface area (Å²) < 4.78 is 5.18. The van der Waals surface area contributed by atoms with Gasteiger partial charge < -0.3 is 9.84 Å². The van der Waals surface area contributed by atoms with Gasteiger partial charge in [0.1, 0.15) is 0 Å². The zero-order chi connectivity index (χ0) is 15.4. The van der Waals surface area contributed by atoms with Crippen molar-refractivity contribution in [3.63, 3.8) is 0 Å². The van der Waals surface area contributed by atoms with Crippen molar-refractivity contribution in [2.24, 2.45) is 16.7 Å². The molecule has 0 heterocycles. The SMILES string of the molecule is COC(=O)C12CC3CC(CO)(C1)CC(c1ccccc1)(C3)C2. The molecule has 0 saturated heterocycles. The Bertz CT molecular complexity index is 598. The van der Waals surface area contributed by atoms with Crippen LogP contribution in [0.2, 0.25) is 0 Å². The quantitative estimate of drug-likeness (QED) is 0.873. The summed E-state index contributed by atoms with van der Waals surface area (Å²) in [7, 11) is 1.50. The van der Waals surface area contributed by atoms with Gasteiger partial charge in [0.2, 0.25) is 0 Å². The number of benzene rings is 1. The maximum atomic E-state index is 12.6. The van der Waals surface area contributed by atoms with Crippen LogP contribution in [-0.4, -0.2) is 24.8 Å². The largest absolute Gasteiger partial charge is 0.469 e. The van der Waals surface area contributed by atoms with Crippen LogP contribution in [0.4, 0.5) is 0 Å². The minimum atomic E-state index is -0.382. The fraction of sp³-hybridized carbons (Fsp3) is 0.632. The molecule has 0 radical (unpaired) electrons. The number of hydrogen-bond donors (Lipinski definition) is 1. The van der Waals surface area contributed by atoms with Gasteiger partial charge in [-0.2, -0.15) is 0 Å². The number of methoxy groups -OCH3 is 1. The van der Waals surface area contributed by atoms with E-state index in [1.165, 1.54) is 12.7 Å². The molecule has 3 heteroatoms. The van der Waals surface area contributed by atoms with E-state index in [1.807, 2.05) is 6.07 Å². The monoisotopic (exact) mass is 300 g/mol. The Morgan fingerprint density at radius 1 is 1.18 bits per heavy atom. The second-order valence-electron chi connectivity index (χ2n) is 8.09. The second kappa shape index (κ2) is 4.58. The summed E-state index contributed by atoms with van der Waals surface area (Å²) >= 11 is 0. The zero-order valence-electron chi connectivity index (χ0n) is 13.2. The Balaban J connectivity index is 1.83. The summed E-state index contributed by atoms with van der Waals surface area (Å²) in [6, 6.07) is 10.6. The molecule has 4 atom stereocenters. The second-order valence-corrected chi connectivity index (χ2v) is 8.09. The van der Waals surface area contributed by atoms with Gasteiger partial charge in [-0.25, -0.2) is 0 Å². The molecule has 4 unspecified atom stereocenters. The first-order valence-corrected chi connectivity index (χ1v) is 8.30. The third-order valence-corrected chi connectivity index (χ3v) is 6.52. The van der Waals surface area contributed by atoms with E-state index >= 15 is 0 Å². The van der Waals surface area contributed by atoms with Gasteiger partial charge in [0.25, 0.3) is 0 Å². The van der Waals surface area contributed by atoms with Crippen LogP contribution in [0.1, 0.15) is 44.1 Å². The van der Waals surface area contributed by atoms with E-state index in [1.54, 1.807) is 0 Å². The Labute approximate surface area is 131 Å². The molecule has 4 fully saturated rings. The first-order chi connectivity index (χ1) is 10.6. The van der Waals surface area contributed by atoms with Crippen LogP contribution in [0.25, 0.3) is 0 Å². The molecule has 1 N–H and O–H groups in total. The Hall–Kier alpha value is -1.35. The molecular formula is C19H24O3. The molecule has 1 aromatic rings. The maximum Gasteiger partial charge on any atom is 0.311 e. The van der Waals surface area contributed by atoms with Crippen LogP contribution >= 0.6 is 0 Å². The Morgan fingerprint density at radius 3 is 2.64 bits per heavy atom. The lowest BCUT2D eigenvalue weighted by Gasteiger charge is -2.65. The van der Waals surface area contributed by atoms with E-state index in [-0.39, 0.29) is 28.8 Å². The molecule has 4 saturated carbocycles. The average Bonchev–Trinajstić information content (AvgIpc) is 2.54. The number of hydrogen-bond acceptors (Lipinski definition) is 3. The van der Waals surface area contributed by atoms with Crippen molar-refractivity contribution in [2.45, 2.75) is 43.9 Å². The summed E-state index contributed by atoms with van der Waals surface area (Å²) in [6.45, 7) is 0.191. The lowest BCUT2D eigenvalue weighted by atomic mass is 9.38. The predicted molar refractivity (Wildman–Crippen MR) is 83.3 cm³/mol. The first-order valence-electron chi connectivity index (χ1n) is 8.30. The summed E-state index contributed by atoms with van der Waals surface area (Å²) in [4.78, 5) is 12.6. The zero-order valence-corrected chi connectivity index (χ0v) is 13.2. The molecule has 4 bridgehead atoms. The summed E-state index contributed by atoms with van der Waals surface area (Å²) in [5, 5.41) is 10.1. The molecule has 4 aliphatic rings. The van der Waals surface area contributed by atoms with Crippen molar-refractivity contribution in [1.82, 2.24) is 0 Å². The van der Waals surface area contributed by atoms with Crippen LogP contribution < -0.4 is 0 Å². The molecule has 0 spiro atoms. The third kappa shape index (κ3) is 1.81. The van der Waals surface area contributed by atoms with Crippen molar-refractivity contribution in [2.75, 3.05) is 13.7 Å². The smallest absolute Gasteiger partial charge is 0.311 e. The van der Waals surface area contributed by atoms with E-state index < -0.39 is 0 Å². The highest BCUT2D eigenvalue weighted by atomic mass is 16.5. The summed E-state index contributed by atoms with van der Waals surface area (Å²) in [5.74, 6) is 0.470. The van der Waals surface area contributed by atoms with Crippen molar-refractivity contribution in [3.8, 4) is 0 Å². The highest BCUT2D eigenvalue weighted by Gasteiger charge is 2.66. The molecule has 0 aliphatic heterocycles. The van der Waals surface area contributed by atoms with Gasteiger partial charge in [0.15, 0.2) is 0 Å². The number of aliphatic hydroxyl groups excluding tert-OH is 1. The van der Waals surface area contributed by atoms with E-state index in [0.717, 1.165) is 38.5 Å². The van der Waals surface area contributed by atoms with Gasteiger partial charge in [-0.1, -0.05) is 30.3 Å². The highest BCUT2D eigenvalue weighted by Crippen LogP contribution is 2.70. The minimum Gasteiger partial charge on any atom is -0.469 e. The lowest BCUT2D eigenvalue weighted by molar-refractivity contribution is -0.187. The Kier molecular flexibility index (Phi) is 2.96. The van der Waals surface area contributed by atoms with Gasteiger partial charge in [-0.15, -0.1) is 0 Å². The Morgan fingerprint density at radius 2 is 1.95 bits per heavy atom. The van der Waals surface area contributed by atoms with Gasteiger partial charge >= 0.3 is 5.97 Å². The maximum absolute atomic E-state index is 12.6. The minimum absolute atomic E-state index is 0.0393. The van der Waals surface area contributed by atoms with Crippen LogP contribution in [0.5, 0.6) is 0 Å². The number of esters is 1. The van der Waals surface area contributed by atoms with E-state index in [0.29, 0.717) is 5.92 Å². The molecular weight excluding hydrogens is 276 g/mol. The fourth-order valence-electron chi connectivity index (χ4n) is 6.37. The van der Waals surface area contributed by atoms with Gasteiger partial charge in [0, 0.05) is 6.61 Å². The molecule has 1 aromatic carbocycles. The van der Waals surface area contributed by atoms with Crippen molar-refractivity contribution < 1.29 is 14.6 Å². The molecule has 0 amide bonds. The topological polar surface area (TPSA) is 46.5 Å². The van der Waals surface area contributed by atoms with Crippen molar-refractivity contribution in [1.29, 1.82) is 0 Å². The standard InChI is InChI=1S/C19H24O3/c1-22-16(21)19-9-14-7-17(11-19,13-20)10-18(8-14,12-19)15-5-3-2-4-6-15/h2-6,14,20H,7-13H2,1H3. The molecule has 118 valence electrons. The van der Waals surface area contributed by atoms with Crippen LogP contribution in [-0.2, 0) is 14.9 Å². The van der Waals surface area contributed by atoms with E-state index in [2.05, 4.69) is 24.3 Å². The van der Waals surface area contributed by atoms with Gasteiger partial charge in [-0.3, -0.25) is 4.79 Å². The van der Waals surface area contributed by atoms with Crippen molar-refractivity contribution in [3.05, 3.63) is 35.9 Å². The van der Waals surface area contributed by atoms with Gasteiger partial charge in [0.05, 0.1) is 12.5 Å². The molecule has 4 aliphatic carbocycles. The molecule has 5 rings (SSSR count).